The van der Waals surface area contributed by atoms with Gasteiger partial charge >= 0.3 is 0 Å². The highest BCUT2D eigenvalue weighted by Gasteiger charge is 2.10. The van der Waals surface area contributed by atoms with Gasteiger partial charge in [-0.2, -0.15) is 0 Å². The van der Waals surface area contributed by atoms with E-state index in [0.29, 0.717) is 6.54 Å². The zero-order valence-corrected chi connectivity index (χ0v) is 17.0. The maximum Gasteiger partial charge on any atom is 0.134 e. The zero-order valence-electron chi connectivity index (χ0n) is 15.4. The van der Waals surface area contributed by atoms with Gasteiger partial charge < -0.3 is 9.30 Å². The number of halogens is 2. The third-order valence-corrected chi connectivity index (χ3v) is 4.88. The third kappa shape index (κ3) is 4.22. The quantitative estimate of drug-likeness (QED) is 0.383. The molecule has 0 spiro atoms. The second-order valence-electron chi connectivity index (χ2n) is 6.24. The summed E-state index contributed by atoms with van der Waals surface area (Å²) >= 11 is 6.38. The molecule has 1 heterocycles. The van der Waals surface area contributed by atoms with Crippen LogP contribution in [0.1, 0.15) is 17.0 Å². The Kier molecular flexibility index (Phi) is 6.40. The molecule has 0 bridgehead atoms. The van der Waals surface area contributed by atoms with E-state index in [0.717, 1.165) is 38.8 Å². The van der Waals surface area contributed by atoms with Crippen LogP contribution in [-0.2, 0) is 6.54 Å². The van der Waals surface area contributed by atoms with Crippen molar-refractivity contribution in [2.75, 3.05) is 7.11 Å². The SMILES string of the molecule is COc1ccc(/C=C/c2nc3ccccc3n2Cc2ccccc2Cl)cc1.Cl. The van der Waals surface area contributed by atoms with Gasteiger partial charge in [0.25, 0.3) is 0 Å². The van der Waals surface area contributed by atoms with Crippen LogP contribution in [0.4, 0.5) is 0 Å². The summed E-state index contributed by atoms with van der Waals surface area (Å²) in [5.41, 5.74) is 4.22. The van der Waals surface area contributed by atoms with E-state index in [1.54, 1.807) is 7.11 Å². The summed E-state index contributed by atoms with van der Waals surface area (Å²) in [5.74, 6) is 1.74. The number of imidazole rings is 1. The Hall–Kier alpha value is -2.75. The van der Waals surface area contributed by atoms with Crippen molar-refractivity contribution in [2.24, 2.45) is 0 Å². The Morgan fingerprint density at radius 3 is 2.39 bits per heavy atom. The van der Waals surface area contributed by atoms with E-state index < -0.39 is 0 Å². The molecule has 0 N–H and O–H groups in total. The smallest absolute Gasteiger partial charge is 0.134 e. The van der Waals surface area contributed by atoms with Crippen LogP contribution in [0.25, 0.3) is 23.2 Å². The fourth-order valence-corrected chi connectivity index (χ4v) is 3.27. The van der Waals surface area contributed by atoms with Crippen LogP contribution in [0.5, 0.6) is 5.75 Å². The van der Waals surface area contributed by atoms with Gasteiger partial charge in [0, 0.05) is 5.02 Å². The minimum absolute atomic E-state index is 0. The van der Waals surface area contributed by atoms with Gasteiger partial charge in [-0.1, -0.05) is 60.1 Å². The van der Waals surface area contributed by atoms with Crippen LogP contribution in [0.2, 0.25) is 5.02 Å². The monoisotopic (exact) mass is 410 g/mol. The number of para-hydroxylation sites is 2. The predicted molar refractivity (Wildman–Crippen MR) is 119 cm³/mol. The maximum atomic E-state index is 6.38. The lowest BCUT2D eigenvalue weighted by atomic mass is 10.2. The highest BCUT2D eigenvalue weighted by molar-refractivity contribution is 6.31. The van der Waals surface area contributed by atoms with Gasteiger partial charge in [-0.3, -0.25) is 0 Å². The van der Waals surface area contributed by atoms with E-state index >= 15 is 0 Å². The van der Waals surface area contributed by atoms with Crippen LogP contribution >= 0.6 is 24.0 Å². The van der Waals surface area contributed by atoms with E-state index in [2.05, 4.69) is 16.7 Å². The number of hydrogen-bond donors (Lipinski definition) is 0. The molecule has 28 heavy (non-hydrogen) atoms. The molecule has 0 radical (unpaired) electrons. The molecule has 0 aliphatic rings. The van der Waals surface area contributed by atoms with Gasteiger partial charge in [0.2, 0.25) is 0 Å². The van der Waals surface area contributed by atoms with Crippen molar-refractivity contribution in [3.8, 4) is 5.75 Å². The van der Waals surface area contributed by atoms with Crippen LogP contribution < -0.4 is 4.74 Å². The Labute approximate surface area is 175 Å². The molecule has 5 heteroatoms. The predicted octanol–water partition coefficient (Wildman–Crippen LogP) is 6.34. The number of benzene rings is 3. The molecule has 3 aromatic carbocycles. The average Bonchev–Trinajstić information content (AvgIpc) is 3.06. The van der Waals surface area contributed by atoms with Crippen molar-refractivity contribution in [3.05, 3.63) is 94.8 Å². The summed E-state index contributed by atoms with van der Waals surface area (Å²) in [4.78, 5) is 4.80. The third-order valence-electron chi connectivity index (χ3n) is 4.51. The van der Waals surface area contributed by atoms with Crippen molar-refractivity contribution < 1.29 is 4.74 Å². The van der Waals surface area contributed by atoms with Crippen molar-refractivity contribution in [3.63, 3.8) is 0 Å². The molecule has 0 aliphatic heterocycles. The molecule has 0 aliphatic carbocycles. The molecule has 4 rings (SSSR count). The summed E-state index contributed by atoms with van der Waals surface area (Å²) in [5, 5.41) is 0.764. The Morgan fingerprint density at radius 2 is 1.64 bits per heavy atom. The van der Waals surface area contributed by atoms with Crippen LogP contribution in [-0.4, -0.2) is 16.7 Å². The first-order valence-electron chi connectivity index (χ1n) is 8.75. The van der Waals surface area contributed by atoms with Crippen molar-refractivity contribution >= 4 is 47.2 Å². The molecule has 0 atom stereocenters. The number of ether oxygens (including phenoxy) is 1. The first-order valence-corrected chi connectivity index (χ1v) is 9.13. The summed E-state index contributed by atoms with van der Waals surface area (Å²) in [6.45, 7) is 0.669. The zero-order chi connectivity index (χ0) is 18.6. The first-order chi connectivity index (χ1) is 13.2. The topological polar surface area (TPSA) is 27.1 Å². The molecule has 4 aromatic rings. The largest absolute Gasteiger partial charge is 0.497 e. The van der Waals surface area contributed by atoms with Crippen molar-refractivity contribution in [2.45, 2.75) is 6.54 Å². The molecule has 0 amide bonds. The van der Waals surface area contributed by atoms with Crippen molar-refractivity contribution in [1.29, 1.82) is 0 Å². The highest BCUT2D eigenvalue weighted by Crippen LogP contribution is 2.23. The Morgan fingerprint density at radius 1 is 0.929 bits per heavy atom. The van der Waals surface area contributed by atoms with Gasteiger partial charge in [0.1, 0.15) is 11.6 Å². The van der Waals surface area contributed by atoms with E-state index in [9.17, 15) is 0 Å². The lowest BCUT2D eigenvalue weighted by Crippen LogP contribution is -2.02. The number of aromatic nitrogens is 2. The Bertz CT molecular complexity index is 1100. The van der Waals surface area contributed by atoms with Crippen LogP contribution in [0.3, 0.4) is 0 Å². The lowest BCUT2D eigenvalue weighted by molar-refractivity contribution is 0.415. The highest BCUT2D eigenvalue weighted by atomic mass is 35.5. The molecule has 1 aromatic heterocycles. The fourth-order valence-electron chi connectivity index (χ4n) is 3.07. The number of methoxy groups -OCH3 is 1. The second kappa shape index (κ2) is 8.96. The minimum atomic E-state index is 0. The number of rotatable bonds is 5. The van der Waals surface area contributed by atoms with E-state index in [1.165, 1.54) is 0 Å². The second-order valence-corrected chi connectivity index (χ2v) is 6.65. The van der Waals surface area contributed by atoms with Gasteiger partial charge in [0.15, 0.2) is 0 Å². The standard InChI is InChI=1S/C23H19ClN2O.ClH/c1-27-19-13-10-17(11-14-19)12-15-23-25-21-8-4-5-9-22(21)26(23)16-18-6-2-3-7-20(18)24;/h2-15H,16H2,1H3;1H/b15-12+;. The molecule has 0 saturated heterocycles. The van der Waals surface area contributed by atoms with Gasteiger partial charge in [0.05, 0.1) is 24.7 Å². The van der Waals surface area contributed by atoms with Crippen LogP contribution in [0, 0.1) is 0 Å². The first kappa shape index (κ1) is 20.0. The summed E-state index contributed by atoms with van der Waals surface area (Å²) in [6, 6.07) is 24.0. The molecular weight excluding hydrogens is 391 g/mol. The van der Waals surface area contributed by atoms with E-state index in [-0.39, 0.29) is 12.4 Å². The lowest BCUT2D eigenvalue weighted by Gasteiger charge is -2.09. The number of nitrogens with zero attached hydrogens (tertiary/aromatic N) is 2. The van der Waals surface area contributed by atoms with Gasteiger partial charge in [-0.05, 0) is 47.5 Å². The molecule has 3 nitrogen and oxygen atoms in total. The average molecular weight is 411 g/mol. The Balaban J connectivity index is 0.00000225. The molecule has 0 saturated carbocycles. The van der Waals surface area contributed by atoms with Gasteiger partial charge in [-0.25, -0.2) is 4.98 Å². The molecule has 0 unspecified atom stereocenters. The van der Waals surface area contributed by atoms with E-state index in [4.69, 9.17) is 21.3 Å². The molecule has 142 valence electrons. The summed E-state index contributed by atoms with van der Waals surface area (Å²) in [7, 11) is 1.67. The van der Waals surface area contributed by atoms with E-state index in [1.807, 2.05) is 72.8 Å². The number of fused-ring (bicyclic) bond motifs is 1. The molecular formula is C23H20Cl2N2O. The maximum absolute atomic E-state index is 6.38. The minimum Gasteiger partial charge on any atom is -0.497 e. The fraction of sp³-hybridized carbons (Fsp3) is 0.0870. The van der Waals surface area contributed by atoms with Crippen LogP contribution in [0.15, 0.2) is 72.8 Å². The van der Waals surface area contributed by atoms with Crippen molar-refractivity contribution in [1.82, 2.24) is 9.55 Å². The molecule has 0 fully saturated rings. The summed E-state index contributed by atoms with van der Waals surface area (Å²) in [6.07, 6.45) is 4.10. The normalized spacial score (nSPS) is 10.9. The number of hydrogen-bond acceptors (Lipinski definition) is 2. The van der Waals surface area contributed by atoms with Gasteiger partial charge in [-0.15, -0.1) is 12.4 Å². The summed E-state index contributed by atoms with van der Waals surface area (Å²) < 4.78 is 7.41.